The monoisotopic (exact) mass is 282 g/mol. The maximum Gasteiger partial charge on any atom is 0.427 e. The van der Waals surface area contributed by atoms with Crippen LogP contribution in [0, 0.1) is 0 Å². The minimum Gasteiger partial charge on any atom is -0.493 e. The molecule has 0 aliphatic carbocycles. The molecule has 0 atom stereocenters. The van der Waals surface area contributed by atoms with Crippen LogP contribution in [0.1, 0.15) is 12.5 Å². The van der Waals surface area contributed by atoms with Crippen LogP contribution in [0.3, 0.4) is 0 Å². The molecule has 0 unspecified atom stereocenters. The van der Waals surface area contributed by atoms with Crippen LogP contribution in [0.25, 0.3) is 0 Å². The first-order valence-electron chi connectivity index (χ1n) is 5.92. The van der Waals surface area contributed by atoms with Gasteiger partial charge in [0.1, 0.15) is 0 Å². The fourth-order valence-corrected chi connectivity index (χ4v) is 1.54. The van der Waals surface area contributed by atoms with Gasteiger partial charge in [0.2, 0.25) is 5.75 Å². The predicted molar refractivity (Wildman–Crippen MR) is 73.8 cm³/mol. The lowest BCUT2D eigenvalue weighted by molar-refractivity contribution is 0.152. The fraction of sp³-hybridized carbons (Fsp3) is 0.385. The van der Waals surface area contributed by atoms with Gasteiger partial charge >= 0.3 is 6.09 Å². The largest absolute Gasteiger partial charge is 0.493 e. The number of hydrogen-bond donors (Lipinski definition) is 1. The lowest BCUT2D eigenvalue weighted by Gasteiger charge is -2.13. The maximum atomic E-state index is 11.1. The van der Waals surface area contributed by atoms with E-state index < -0.39 is 6.09 Å². The molecule has 1 aromatic rings. The van der Waals surface area contributed by atoms with Crippen LogP contribution in [0.4, 0.5) is 4.79 Å². The molecule has 0 aromatic heterocycles. The zero-order valence-electron chi connectivity index (χ0n) is 11.9. The first-order valence-corrected chi connectivity index (χ1v) is 5.92. The molecule has 1 rings (SSSR count). The molecule has 0 saturated carbocycles. The molecule has 0 fully saturated rings. The molecule has 1 N–H and O–H groups in total. The molecule has 110 valence electrons. The Morgan fingerprint density at radius 2 is 1.90 bits per heavy atom. The van der Waals surface area contributed by atoms with E-state index in [1.165, 1.54) is 27.5 Å². The topological polar surface area (TPSA) is 78.4 Å². The number of amides is 1. The summed E-state index contributed by atoms with van der Waals surface area (Å²) >= 11 is 0. The van der Waals surface area contributed by atoms with Crippen molar-refractivity contribution in [2.45, 2.75) is 6.92 Å². The van der Waals surface area contributed by atoms with Gasteiger partial charge in [-0.25, -0.2) is 10.2 Å². The summed E-state index contributed by atoms with van der Waals surface area (Å²) in [4.78, 5) is 11.1. The molecular formula is C13H18N2O5. The van der Waals surface area contributed by atoms with Crippen molar-refractivity contribution in [1.29, 1.82) is 0 Å². The first kappa shape index (κ1) is 15.6. The average molecular weight is 282 g/mol. The number of carbonyl (C=O) groups is 1. The van der Waals surface area contributed by atoms with Crippen LogP contribution in [0.2, 0.25) is 0 Å². The summed E-state index contributed by atoms with van der Waals surface area (Å²) in [7, 11) is 4.55. The van der Waals surface area contributed by atoms with Crippen molar-refractivity contribution >= 4 is 12.3 Å². The average Bonchev–Trinajstić information content (AvgIpc) is 2.46. The minimum atomic E-state index is -0.622. The number of ether oxygens (including phenoxy) is 4. The molecule has 20 heavy (non-hydrogen) atoms. The second-order valence-corrected chi connectivity index (χ2v) is 3.51. The number of nitrogens with one attached hydrogen (secondary N) is 1. The van der Waals surface area contributed by atoms with Crippen LogP contribution < -0.4 is 19.6 Å². The zero-order valence-corrected chi connectivity index (χ0v) is 11.9. The van der Waals surface area contributed by atoms with E-state index in [-0.39, 0.29) is 6.61 Å². The summed E-state index contributed by atoms with van der Waals surface area (Å²) < 4.78 is 20.4. The Hall–Kier alpha value is -2.44. The Labute approximate surface area is 117 Å². The Kier molecular flexibility index (Phi) is 6.15. The van der Waals surface area contributed by atoms with E-state index >= 15 is 0 Å². The second-order valence-electron chi connectivity index (χ2n) is 3.51. The van der Waals surface area contributed by atoms with Crippen molar-refractivity contribution < 1.29 is 23.7 Å². The van der Waals surface area contributed by atoms with Crippen molar-refractivity contribution in [3.63, 3.8) is 0 Å². The molecule has 0 bridgehead atoms. The molecule has 7 nitrogen and oxygen atoms in total. The molecule has 0 aliphatic heterocycles. The van der Waals surface area contributed by atoms with Crippen LogP contribution >= 0.6 is 0 Å². The summed E-state index contributed by atoms with van der Waals surface area (Å²) in [6.45, 7) is 1.99. The van der Waals surface area contributed by atoms with Gasteiger partial charge in [-0.3, -0.25) is 0 Å². The van der Waals surface area contributed by atoms with Crippen molar-refractivity contribution in [2.24, 2.45) is 5.10 Å². The summed E-state index contributed by atoms with van der Waals surface area (Å²) in [5.74, 6) is 1.45. The van der Waals surface area contributed by atoms with Gasteiger partial charge < -0.3 is 18.9 Å². The normalized spacial score (nSPS) is 10.2. The van der Waals surface area contributed by atoms with Crippen LogP contribution in [0.5, 0.6) is 17.2 Å². The molecule has 1 aromatic carbocycles. The highest BCUT2D eigenvalue weighted by Gasteiger charge is 2.14. The number of methoxy groups -OCH3 is 3. The first-order chi connectivity index (χ1) is 9.67. The number of carbonyl (C=O) groups excluding carboxylic acids is 1. The smallest absolute Gasteiger partial charge is 0.427 e. The lowest BCUT2D eigenvalue weighted by atomic mass is 10.2. The zero-order chi connectivity index (χ0) is 15.0. The number of hydrazone groups is 1. The summed E-state index contributed by atoms with van der Waals surface area (Å²) in [5.41, 5.74) is 2.86. The Morgan fingerprint density at radius 3 is 2.45 bits per heavy atom. The van der Waals surface area contributed by atoms with Crippen molar-refractivity contribution in [2.75, 3.05) is 27.9 Å². The van der Waals surface area contributed by atoms with E-state index in [2.05, 4.69) is 15.3 Å². The lowest BCUT2D eigenvalue weighted by Crippen LogP contribution is -2.18. The summed E-state index contributed by atoms with van der Waals surface area (Å²) in [5, 5.41) is 3.77. The van der Waals surface area contributed by atoms with Crippen molar-refractivity contribution in [3.8, 4) is 17.2 Å². The van der Waals surface area contributed by atoms with E-state index in [4.69, 9.17) is 14.2 Å². The molecule has 0 saturated heterocycles. The molecule has 0 aliphatic rings. The van der Waals surface area contributed by atoms with Gasteiger partial charge in [-0.2, -0.15) is 5.10 Å². The molecule has 1 amide bonds. The standard InChI is InChI=1S/C13H18N2O5/c1-5-20-13(16)15-14-8-9-6-7-10(17-2)12(19-4)11(9)18-3/h6-8H,5H2,1-4H3,(H,15,16)/b14-8+. The fourth-order valence-electron chi connectivity index (χ4n) is 1.54. The third-order valence-corrected chi connectivity index (χ3v) is 2.37. The quantitative estimate of drug-likeness (QED) is 0.635. The Bertz CT molecular complexity index is 488. The van der Waals surface area contributed by atoms with Crippen LogP contribution in [-0.4, -0.2) is 40.2 Å². The van der Waals surface area contributed by atoms with Gasteiger partial charge in [0, 0.05) is 5.56 Å². The van der Waals surface area contributed by atoms with Crippen LogP contribution in [0.15, 0.2) is 17.2 Å². The van der Waals surface area contributed by atoms with E-state index in [1.54, 1.807) is 19.1 Å². The second kappa shape index (κ2) is 7.88. The van der Waals surface area contributed by atoms with Crippen molar-refractivity contribution in [1.82, 2.24) is 5.43 Å². The number of rotatable bonds is 6. The Morgan fingerprint density at radius 1 is 1.20 bits per heavy atom. The number of benzene rings is 1. The van der Waals surface area contributed by atoms with Gasteiger partial charge in [-0.1, -0.05) is 0 Å². The highest BCUT2D eigenvalue weighted by atomic mass is 16.6. The summed E-state index contributed by atoms with van der Waals surface area (Å²) in [6, 6.07) is 3.45. The van der Waals surface area contributed by atoms with E-state index in [1.807, 2.05) is 0 Å². The van der Waals surface area contributed by atoms with E-state index in [9.17, 15) is 4.79 Å². The predicted octanol–water partition coefficient (Wildman–Crippen LogP) is 1.79. The number of hydrogen-bond acceptors (Lipinski definition) is 6. The van der Waals surface area contributed by atoms with Gasteiger partial charge in [0.15, 0.2) is 11.5 Å². The van der Waals surface area contributed by atoms with E-state index in [0.29, 0.717) is 22.8 Å². The third kappa shape index (κ3) is 3.78. The number of nitrogens with zero attached hydrogens (tertiary/aromatic N) is 1. The molecule has 0 spiro atoms. The molecular weight excluding hydrogens is 264 g/mol. The SMILES string of the molecule is CCOC(=O)N/N=C/c1ccc(OC)c(OC)c1OC. The van der Waals surface area contributed by atoms with E-state index in [0.717, 1.165) is 0 Å². The highest BCUT2D eigenvalue weighted by molar-refractivity contribution is 5.86. The molecule has 0 heterocycles. The third-order valence-electron chi connectivity index (χ3n) is 2.37. The molecule has 0 radical (unpaired) electrons. The summed E-state index contributed by atoms with van der Waals surface area (Å²) in [6.07, 6.45) is 0.806. The minimum absolute atomic E-state index is 0.279. The van der Waals surface area contributed by atoms with Gasteiger partial charge in [0.25, 0.3) is 0 Å². The van der Waals surface area contributed by atoms with Crippen molar-refractivity contribution in [3.05, 3.63) is 17.7 Å². The van der Waals surface area contributed by atoms with Gasteiger partial charge in [0.05, 0.1) is 34.2 Å². The maximum absolute atomic E-state index is 11.1. The molecule has 7 heteroatoms. The van der Waals surface area contributed by atoms with Gasteiger partial charge in [-0.05, 0) is 19.1 Å². The van der Waals surface area contributed by atoms with Crippen LogP contribution in [-0.2, 0) is 4.74 Å². The Balaban J connectivity index is 2.95. The van der Waals surface area contributed by atoms with Gasteiger partial charge in [-0.15, -0.1) is 0 Å². The highest BCUT2D eigenvalue weighted by Crippen LogP contribution is 2.38.